The fourth-order valence-electron chi connectivity index (χ4n) is 0.949. The number of thiocarbonyl (C=S) groups is 1. The van der Waals surface area contributed by atoms with Crippen molar-refractivity contribution in [2.75, 3.05) is 14.2 Å². The van der Waals surface area contributed by atoms with Gasteiger partial charge in [-0.25, -0.2) is 4.99 Å². The molecular weight excluding hydrogens is 218 g/mol. The number of ether oxygens (including phenoxy) is 2. The lowest BCUT2D eigenvalue weighted by molar-refractivity contribution is -0.143. The van der Waals surface area contributed by atoms with E-state index in [9.17, 15) is 9.59 Å². The van der Waals surface area contributed by atoms with Crippen molar-refractivity contribution < 1.29 is 19.1 Å². The topological polar surface area (TPSA) is 65.0 Å². The van der Waals surface area contributed by atoms with Crippen molar-refractivity contribution >= 4 is 29.3 Å². The van der Waals surface area contributed by atoms with E-state index in [4.69, 9.17) is 0 Å². The summed E-state index contributed by atoms with van der Waals surface area (Å²) in [5.74, 6) is -0.733. The number of esters is 2. The van der Waals surface area contributed by atoms with Gasteiger partial charge in [-0.3, -0.25) is 9.59 Å². The molecule has 0 rings (SSSR count). The van der Waals surface area contributed by atoms with Crippen LogP contribution in [0.15, 0.2) is 4.99 Å². The van der Waals surface area contributed by atoms with Crippen molar-refractivity contribution in [3.8, 4) is 0 Å². The number of nitrogens with zero attached hydrogens (tertiary/aromatic N) is 1. The van der Waals surface area contributed by atoms with Crippen molar-refractivity contribution in [2.24, 2.45) is 4.99 Å². The highest BCUT2D eigenvalue weighted by molar-refractivity contribution is 7.78. The van der Waals surface area contributed by atoms with E-state index in [1.54, 1.807) is 0 Å². The van der Waals surface area contributed by atoms with Gasteiger partial charge in [-0.2, -0.15) is 0 Å². The van der Waals surface area contributed by atoms with E-state index in [-0.39, 0.29) is 30.8 Å². The largest absolute Gasteiger partial charge is 0.469 e. The minimum atomic E-state index is -0.390. The number of hydrogen-bond donors (Lipinski definition) is 0. The normalized spacial score (nSPS) is 11.1. The van der Waals surface area contributed by atoms with Crippen LogP contribution in [0.1, 0.15) is 19.3 Å². The summed E-state index contributed by atoms with van der Waals surface area (Å²) in [6, 6.07) is -0.367. The van der Waals surface area contributed by atoms with E-state index < -0.39 is 0 Å². The Bertz CT molecular complexity index is 273. The fraction of sp³-hybridized carbons (Fsp3) is 0.667. The Morgan fingerprint density at radius 3 is 2.40 bits per heavy atom. The number of carbonyl (C=O) groups excluding carboxylic acids is 2. The first-order chi connectivity index (χ1) is 7.13. The third kappa shape index (κ3) is 6.76. The van der Waals surface area contributed by atoms with Crippen molar-refractivity contribution in [2.45, 2.75) is 25.3 Å². The van der Waals surface area contributed by atoms with Crippen LogP contribution in [0.5, 0.6) is 0 Å². The van der Waals surface area contributed by atoms with Crippen molar-refractivity contribution in [1.82, 2.24) is 0 Å². The number of isothiocyanates is 1. The maximum absolute atomic E-state index is 11.0. The second-order valence-electron chi connectivity index (χ2n) is 2.77. The van der Waals surface area contributed by atoms with Crippen LogP contribution in [0.25, 0.3) is 0 Å². The average Bonchev–Trinajstić information content (AvgIpc) is 2.25. The zero-order valence-electron chi connectivity index (χ0n) is 8.69. The van der Waals surface area contributed by atoms with Gasteiger partial charge in [0.2, 0.25) is 0 Å². The maximum Gasteiger partial charge on any atom is 0.307 e. The van der Waals surface area contributed by atoms with Gasteiger partial charge in [-0.15, -0.1) is 0 Å². The summed E-state index contributed by atoms with van der Waals surface area (Å²) in [6.07, 6.45) is 0.682. The summed E-state index contributed by atoms with van der Waals surface area (Å²) in [6.45, 7) is 0. The predicted molar refractivity (Wildman–Crippen MR) is 56.7 cm³/mol. The molecule has 0 fully saturated rings. The molecule has 0 aromatic carbocycles. The highest BCUT2D eigenvalue weighted by Crippen LogP contribution is 2.08. The molecular formula is C9H13NO4S. The van der Waals surface area contributed by atoms with Crippen LogP contribution in [-0.4, -0.2) is 37.4 Å². The molecule has 0 heterocycles. The predicted octanol–water partition coefficient (Wildman–Crippen LogP) is 0.974. The van der Waals surface area contributed by atoms with Gasteiger partial charge in [0.25, 0.3) is 0 Å². The molecule has 0 spiro atoms. The molecule has 0 N–H and O–H groups in total. The molecule has 0 aromatic heterocycles. The monoisotopic (exact) mass is 231 g/mol. The Balaban J connectivity index is 4.10. The lowest BCUT2D eigenvalue weighted by Gasteiger charge is -2.08. The third-order valence-electron chi connectivity index (χ3n) is 1.77. The highest BCUT2D eigenvalue weighted by atomic mass is 32.1. The molecule has 0 radical (unpaired) electrons. The molecule has 84 valence electrons. The maximum atomic E-state index is 11.0. The van der Waals surface area contributed by atoms with Crippen LogP contribution in [0.2, 0.25) is 0 Å². The van der Waals surface area contributed by atoms with Crippen molar-refractivity contribution in [1.29, 1.82) is 0 Å². The number of hydrogen-bond acceptors (Lipinski definition) is 6. The van der Waals surface area contributed by atoms with Crippen LogP contribution < -0.4 is 0 Å². The molecule has 6 heteroatoms. The standard InChI is InChI=1S/C9H13NO4S/c1-13-8(11)4-3-7(10-6-15)5-9(12)14-2/h7H,3-5H2,1-2H3/t7-/m1/s1. The molecule has 0 amide bonds. The van der Waals surface area contributed by atoms with Gasteiger partial charge in [0.1, 0.15) is 0 Å². The Morgan fingerprint density at radius 2 is 1.93 bits per heavy atom. The van der Waals surface area contributed by atoms with Crippen LogP contribution in [0.3, 0.4) is 0 Å². The van der Waals surface area contributed by atoms with E-state index in [1.807, 2.05) is 0 Å². The molecule has 0 bridgehead atoms. The fourth-order valence-corrected chi connectivity index (χ4v) is 1.10. The van der Waals surface area contributed by atoms with Gasteiger partial charge in [-0.05, 0) is 18.6 Å². The minimum Gasteiger partial charge on any atom is -0.469 e. The summed E-state index contributed by atoms with van der Waals surface area (Å²) in [5, 5.41) is 2.19. The molecule has 0 unspecified atom stereocenters. The first-order valence-corrected chi connectivity index (χ1v) is 4.75. The first-order valence-electron chi connectivity index (χ1n) is 4.34. The van der Waals surface area contributed by atoms with Gasteiger partial charge >= 0.3 is 11.9 Å². The molecule has 0 aliphatic carbocycles. The van der Waals surface area contributed by atoms with E-state index >= 15 is 0 Å². The summed E-state index contributed by atoms with van der Waals surface area (Å²) >= 11 is 4.44. The van der Waals surface area contributed by atoms with E-state index in [2.05, 4.69) is 31.8 Å². The smallest absolute Gasteiger partial charge is 0.307 e. The van der Waals surface area contributed by atoms with Crippen LogP contribution in [0, 0.1) is 0 Å². The Hall–Kier alpha value is -1.26. The van der Waals surface area contributed by atoms with Gasteiger partial charge in [0.15, 0.2) is 0 Å². The summed E-state index contributed by atoms with van der Waals surface area (Å²) in [7, 11) is 2.60. The Kier molecular flexibility index (Phi) is 7.40. The van der Waals surface area contributed by atoms with Crippen molar-refractivity contribution in [3.05, 3.63) is 0 Å². The van der Waals surface area contributed by atoms with Crippen molar-refractivity contribution in [3.63, 3.8) is 0 Å². The van der Waals surface area contributed by atoms with E-state index in [0.717, 1.165) is 0 Å². The van der Waals surface area contributed by atoms with Crippen LogP contribution in [-0.2, 0) is 19.1 Å². The van der Waals surface area contributed by atoms with Gasteiger partial charge in [-0.1, -0.05) is 0 Å². The van der Waals surface area contributed by atoms with Gasteiger partial charge in [0.05, 0.1) is 31.8 Å². The second-order valence-corrected chi connectivity index (χ2v) is 2.95. The Morgan fingerprint density at radius 1 is 1.33 bits per heavy atom. The number of aliphatic imine (C=N–C) groups is 1. The second kappa shape index (κ2) is 8.08. The SMILES string of the molecule is COC(=O)CC[C@H](CC(=O)OC)N=C=S. The number of rotatable bonds is 6. The summed E-state index contributed by atoms with van der Waals surface area (Å²) in [5.41, 5.74) is 0. The third-order valence-corrected chi connectivity index (χ3v) is 1.88. The molecule has 0 aliphatic rings. The lowest BCUT2D eigenvalue weighted by Crippen LogP contribution is -2.15. The molecule has 0 saturated carbocycles. The van der Waals surface area contributed by atoms with E-state index in [0.29, 0.717) is 6.42 Å². The van der Waals surface area contributed by atoms with Gasteiger partial charge in [0, 0.05) is 6.42 Å². The molecule has 1 atom stereocenters. The van der Waals surface area contributed by atoms with Crippen LogP contribution >= 0.6 is 12.2 Å². The summed E-state index contributed by atoms with van der Waals surface area (Å²) in [4.78, 5) is 25.6. The first kappa shape index (κ1) is 13.7. The lowest BCUT2D eigenvalue weighted by atomic mass is 10.1. The van der Waals surface area contributed by atoms with Crippen LogP contribution in [0.4, 0.5) is 0 Å². The molecule has 15 heavy (non-hydrogen) atoms. The average molecular weight is 231 g/mol. The minimum absolute atomic E-state index is 0.0944. The van der Waals surface area contributed by atoms with Gasteiger partial charge < -0.3 is 9.47 Å². The zero-order valence-corrected chi connectivity index (χ0v) is 9.50. The zero-order chi connectivity index (χ0) is 11.7. The summed E-state index contributed by atoms with van der Waals surface area (Å²) < 4.78 is 8.95. The Labute approximate surface area is 93.5 Å². The molecule has 0 aromatic rings. The molecule has 0 saturated heterocycles. The number of methoxy groups -OCH3 is 2. The number of carbonyl (C=O) groups is 2. The molecule has 0 aliphatic heterocycles. The van der Waals surface area contributed by atoms with E-state index in [1.165, 1.54) is 14.2 Å². The highest BCUT2D eigenvalue weighted by Gasteiger charge is 2.14. The molecule has 5 nitrogen and oxygen atoms in total. The quantitative estimate of drug-likeness (QED) is 0.387.